The van der Waals surface area contributed by atoms with Gasteiger partial charge in [0.2, 0.25) is 0 Å². The van der Waals surface area contributed by atoms with Gasteiger partial charge in [0.15, 0.2) is 0 Å². The van der Waals surface area contributed by atoms with E-state index in [0.717, 1.165) is 0 Å². The van der Waals surface area contributed by atoms with Crippen molar-refractivity contribution in [3.8, 4) is 0 Å². The fourth-order valence-corrected chi connectivity index (χ4v) is 1.39. The fourth-order valence-electron chi connectivity index (χ4n) is 1.39. The molecule has 0 aromatic heterocycles. The van der Waals surface area contributed by atoms with E-state index in [9.17, 15) is 35.1 Å². The van der Waals surface area contributed by atoms with Crippen LogP contribution in [-0.2, 0) is 9.47 Å². The van der Waals surface area contributed by atoms with Gasteiger partial charge in [0.1, 0.15) is 0 Å². The van der Waals surface area contributed by atoms with E-state index in [-0.39, 0.29) is 12.8 Å². The van der Waals surface area contributed by atoms with Crippen LogP contribution in [0.25, 0.3) is 0 Å². The van der Waals surface area contributed by atoms with E-state index in [1.54, 1.807) is 0 Å². The Balaban J connectivity index is 4.64. The van der Waals surface area contributed by atoms with E-state index < -0.39 is 43.7 Å². The molecule has 2 unspecified atom stereocenters. The molecule has 0 saturated carbocycles. The van der Waals surface area contributed by atoms with Crippen molar-refractivity contribution in [1.29, 1.82) is 0 Å². The molecule has 0 aliphatic rings. The van der Waals surface area contributed by atoms with Crippen molar-refractivity contribution in [1.82, 2.24) is 0 Å². The minimum atomic E-state index is -5.23. The van der Waals surface area contributed by atoms with Gasteiger partial charge in [0.25, 0.3) is 12.7 Å². The van der Waals surface area contributed by atoms with Crippen LogP contribution in [0.5, 0.6) is 0 Å². The Morgan fingerprint density at radius 2 is 1.00 bits per heavy atom. The third-order valence-corrected chi connectivity index (χ3v) is 3.09. The van der Waals surface area contributed by atoms with Gasteiger partial charge in [0, 0.05) is 5.41 Å². The SMILES string of the molecule is CCC(CC)(COC(F)C(F)(F)F)COC(F)C(F)(F)F. The predicted octanol–water partition coefficient (Wildman–Crippen LogP) is 4.54. The van der Waals surface area contributed by atoms with Crippen molar-refractivity contribution in [3.63, 3.8) is 0 Å². The number of hydrogen-bond donors (Lipinski definition) is 0. The van der Waals surface area contributed by atoms with Crippen LogP contribution in [0.2, 0.25) is 0 Å². The van der Waals surface area contributed by atoms with Gasteiger partial charge in [-0.25, -0.2) is 8.78 Å². The summed E-state index contributed by atoms with van der Waals surface area (Å²) in [6, 6.07) is 0. The molecule has 2 atom stereocenters. The van der Waals surface area contributed by atoms with E-state index in [4.69, 9.17) is 0 Å². The monoisotopic (exact) mass is 332 g/mol. The van der Waals surface area contributed by atoms with Crippen LogP contribution >= 0.6 is 0 Å². The maximum atomic E-state index is 12.7. The highest BCUT2D eigenvalue weighted by atomic mass is 19.4. The van der Waals surface area contributed by atoms with E-state index in [1.165, 1.54) is 13.8 Å². The molecule has 0 radical (unpaired) electrons. The fraction of sp³-hybridized carbons (Fsp3) is 1.00. The second kappa shape index (κ2) is 7.57. The van der Waals surface area contributed by atoms with Crippen LogP contribution in [-0.4, -0.2) is 38.3 Å². The molecule has 0 aliphatic carbocycles. The van der Waals surface area contributed by atoms with Crippen molar-refractivity contribution in [2.45, 2.75) is 51.8 Å². The highest BCUT2D eigenvalue weighted by Crippen LogP contribution is 2.33. The quantitative estimate of drug-likeness (QED) is 0.608. The van der Waals surface area contributed by atoms with Gasteiger partial charge in [-0.1, -0.05) is 13.8 Å². The van der Waals surface area contributed by atoms with E-state index in [0.29, 0.717) is 0 Å². The third kappa shape index (κ3) is 6.77. The zero-order chi connectivity index (χ0) is 16.9. The maximum absolute atomic E-state index is 12.7. The maximum Gasteiger partial charge on any atom is 0.445 e. The van der Waals surface area contributed by atoms with Gasteiger partial charge in [-0.05, 0) is 12.8 Å². The number of halogens is 8. The first-order valence-electron chi connectivity index (χ1n) is 6.02. The number of ether oxygens (including phenoxy) is 2. The molecule has 0 aliphatic heterocycles. The van der Waals surface area contributed by atoms with Crippen molar-refractivity contribution in [2.75, 3.05) is 13.2 Å². The van der Waals surface area contributed by atoms with Crippen molar-refractivity contribution in [2.24, 2.45) is 5.41 Å². The van der Waals surface area contributed by atoms with Crippen LogP contribution in [0.3, 0.4) is 0 Å². The molecule has 2 nitrogen and oxygen atoms in total. The Hall–Kier alpha value is -0.640. The minimum Gasteiger partial charge on any atom is -0.341 e. The molecule has 0 heterocycles. The van der Waals surface area contributed by atoms with Crippen molar-refractivity contribution >= 4 is 0 Å². The average molecular weight is 332 g/mol. The lowest BCUT2D eigenvalue weighted by Crippen LogP contribution is -2.39. The summed E-state index contributed by atoms with van der Waals surface area (Å²) in [5, 5.41) is 0. The first kappa shape index (κ1) is 20.4. The molecular weight excluding hydrogens is 316 g/mol. The molecule has 0 aromatic rings. The molecule has 0 bridgehead atoms. The first-order valence-corrected chi connectivity index (χ1v) is 6.02. The van der Waals surface area contributed by atoms with Crippen molar-refractivity contribution < 1.29 is 44.6 Å². The zero-order valence-corrected chi connectivity index (χ0v) is 11.3. The standard InChI is InChI=1S/C11H16F8O2/c1-3-9(4-2,5-20-7(12)10(14,15)16)6-21-8(13)11(17,18)19/h7-8H,3-6H2,1-2H3. The van der Waals surface area contributed by atoms with Crippen LogP contribution < -0.4 is 0 Å². The Morgan fingerprint density at radius 1 is 0.714 bits per heavy atom. The predicted molar refractivity (Wildman–Crippen MR) is 56.8 cm³/mol. The molecule has 0 amide bonds. The van der Waals surface area contributed by atoms with E-state index in [2.05, 4.69) is 9.47 Å². The first-order chi connectivity index (χ1) is 9.38. The Bertz CT molecular complexity index is 272. The average Bonchev–Trinajstić information content (AvgIpc) is 2.36. The molecule has 0 spiro atoms. The molecular formula is C11H16F8O2. The molecule has 0 N–H and O–H groups in total. The molecule has 21 heavy (non-hydrogen) atoms. The van der Waals surface area contributed by atoms with Gasteiger partial charge < -0.3 is 9.47 Å². The van der Waals surface area contributed by atoms with Gasteiger partial charge >= 0.3 is 12.4 Å². The van der Waals surface area contributed by atoms with Gasteiger partial charge in [-0.3, -0.25) is 0 Å². The summed E-state index contributed by atoms with van der Waals surface area (Å²) in [6.07, 6.45) is -17.5. The highest BCUT2D eigenvalue weighted by Gasteiger charge is 2.45. The van der Waals surface area contributed by atoms with Crippen LogP contribution in [0, 0.1) is 5.41 Å². The lowest BCUT2D eigenvalue weighted by atomic mass is 9.84. The van der Waals surface area contributed by atoms with Gasteiger partial charge in [-0.2, -0.15) is 26.3 Å². The summed E-state index contributed by atoms with van der Waals surface area (Å²) in [5.41, 5.74) is -1.34. The second-order valence-electron chi connectivity index (χ2n) is 4.54. The summed E-state index contributed by atoms with van der Waals surface area (Å²) < 4.78 is 105. The van der Waals surface area contributed by atoms with Gasteiger partial charge in [-0.15, -0.1) is 0 Å². The smallest absolute Gasteiger partial charge is 0.341 e. The Labute approximate surface area is 116 Å². The summed E-state index contributed by atoms with van der Waals surface area (Å²) >= 11 is 0. The van der Waals surface area contributed by atoms with Crippen LogP contribution in [0.4, 0.5) is 35.1 Å². The molecule has 0 rings (SSSR count). The molecule has 0 saturated heterocycles. The second-order valence-corrected chi connectivity index (χ2v) is 4.54. The lowest BCUT2D eigenvalue weighted by Gasteiger charge is -2.32. The third-order valence-electron chi connectivity index (χ3n) is 3.09. The van der Waals surface area contributed by atoms with Crippen LogP contribution in [0.1, 0.15) is 26.7 Å². The lowest BCUT2D eigenvalue weighted by molar-refractivity contribution is -0.286. The zero-order valence-electron chi connectivity index (χ0n) is 11.3. The molecule has 0 aromatic carbocycles. The summed E-state index contributed by atoms with van der Waals surface area (Å²) in [5.74, 6) is 0. The normalized spacial score (nSPS) is 16.9. The van der Waals surface area contributed by atoms with Crippen molar-refractivity contribution in [3.05, 3.63) is 0 Å². The topological polar surface area (TPSA) is 18.5 Å². The van der Waals surface area contributed by atoms with E-state index >= 15 is 0 Å². The molecule has 128 valence electrons. The van der Waals surface area contributed by atoms with Crippen LogP contribution in [0.15, 0.2) is 0 Å². The molecule has 10 heteroatoms. The summed E-state index contributed by atoms with van der Waals surface area (Å²) in [7, 11) is 0. The number of alkyl halides is 8. The largest absolute Gasteiger partial charge is 0.445 e. The molecule has 0 fully saturated rings. The summed E-state index contributed by atoms with van der Waals surface area (Å²) in [4.78, 5) is 0. The van der Waals surface area contributed by atoms with Gasteiger partial charge in [0.05, 0.1) is 13.2 Å². The minimum absolute atomic E-state index is 0.0264. The summed E-state index contributed by atoms with van der Waals surface area (Å²) in [6.45, 7) is 1.20. The van der Waals surface area contributed by atoms with E-state index in [1.807, 2.05) is 0 Å². The Morgan fingerprint density at radius 3 is 1.19 bits per heavy atom. The Kier molecular flexibility index (Phi) is 7.34. The number of hydrogen-bond acceptors (Lipinski definition) is 2. The highest BCUT2D eigenvalue weighted by molar-refractivity contribution is 4.77. The number of rotatable bonds is 8.